The van der Waals surface area contributed by atoms with E-state index >= 15 is 0 Å². The maximum Gasteiger partial charge on any atom is 0.490 e. The van der Waals surface area contributed by atoms with Gasteiger partial charge in [0.2, 0.25) is 0 Å². The van der Waals surface area contributed by atoms with Crippen LogP contribution in [0.5, 0.6) is 0 Å². The lowest BCUT2D eigenvalue weighted by Crippen LogP contribution is -2.42. The van der Waals surface area contributed by atoms with Crippen LogP contribution in [0.25, 0.3) is 0 Å². The Labute approximate surface area is 181 Å². The van der Waals surface area contributed by atoms with Crippen LogP contribution in [0.15, 0.2) is 41.5 Å². The van der Waals surface area contributed by atoms with Gasteiger partial charge < -0.3 is 19.9 Å². The van der Waals surface area contributed by atoms with Gasteiger partial charge in [-0.25, -0.2) is 9.59 Å². The molecule has 2 aromatic heterocycles. The Kier molecular flexibility index (Phi) is 7.16. The Bertz CT molecular complexity index is 1020. The van der Waals surface area contributed by atoms with Crippen molar-refractivity contribution in [1.82, 2.24) is 19.8 Å². The van der Waals surface area contributed by atoms with Gasteiger partial charge in [0, 0.05) is 49.7 Å². The number of hydrogen-bond donors (Lipinski definition) is 2. The van der Waals surface area contributed by atoms with Gasteiger partial charge in [-0.05, 0) is 36.5 Å². The molecule has 11 heteroatoms. The molecule has 0 atom stereocenters. The number of hydrogen-bond acceptors (Lipinski definition) is 4. The number of urea groups is 1. The van der Waals surface area contributed by atoms with Crippen molar-refractivity contribution in [1.29, 1.82) is 0 Å². The lowest BCUT2D eigenvalue weighted by molar-refractivity contribution is -0.192. The van der Waals surface area contributed by atoms with Crippen LogP contribution in [-0.4, -0.2) is 56.9 Å². The first-order valence-corrected chi connectivity index (χ1v) is 10.1. The summed E-state index contributed by atoms with van der Waals surface area (Å²) in [6, 6.07) is 7.80. The number of rotatable bonds is 3. The maximum absolute atomic E-state index is 12.4. The van der Waals surface area contributed by atoms with Gasteiger partial charge in [0.05, 0.1) is 6.54 Å². The number of alkyl halides is 3. The normalized spacial score (nSPS) is 15.7. The van der Waals surface area contributed by atoms with E-state index < -0.39 is 12.1 Å². The number of carboxylic acid groups (broad SMARTS) is 1. The number of carboxylic acids is 1. The van der Waals surface area contributed by atoms with Crippen LogP contribution in [0.1, 0.15) is 29.7 Å². The molecule has 4 rings (SSSR count). The number of amides is 2. The van der Waals surface area contributed by atoms with E-state index in [0.29, 0.717) is 32.1 Å². The first-order valence-electron chi connectivity index (χ1n) is 10.1. The van der Waals surface area contributed by atoms with Crippen molar-refractivity contribution in [2.24, 2.45) is 0 Å². The molecule has 172 valence electrons. The number of pyridine rings is 2. The number of aliphatic carboxylic acids is 1. The number of carbonyl (C=O) groups excluding carboxylic acids is 1. The molecule has 0 unspecified atom stereocenters. The fourth-order valence-corrected chi connectivity index (χ4v) is 3.34. The molecular formula is C21H23F3N4O4. The number of halogens is 3. The Hall–Kier alpha value is -3.37. The summed E-state index contributed by atoms with van der Waals surface area (Å²) >= 11 is 0. The zero-order valence-corrected chi connectivity index (χ0v) is 17.1. The molecule has 1 aliphatic carbocycles. The van der Waals surface area contributed by atoms with Gasteiger partial charge in [-0.15, -0.1) is 0 Å². The van der Waals surface area contributed by atoms with Crippen molar-refractivity contribution in [3.8, 4) is 0 Å². The zero-order chi connectivity index (χ0) is 23.3. The Morgan fingerprint density at radius 3 is 2.44 bits per heavy atom. The van der Waals surface area contributed by atoms with E-state index in [1.807, 2.05) is 27.7 Å². The van der Waals surface area contributed by atoms with Crippen LogP contribution < -0.4 is 10.9 Å². The molecule has 0 aromatic carbocycles. The molecule has 1 saturated carbocycles. The summed E-state index contributed by atoms with van der Waals surface area (Å²) in [5.41, 5.74) is 3.20. The predicted octanol–water partition coefficient (Wildman–Crippen LogP) is 2.20. The average Bonchev–Trinajstić information content (AvgIpc) is 3.57. The largest absolute Gasteiger partial charge is 0.490 e. The molecule has 0 bridgehead atoms. The third-order valence-electron chi connectivity index (χ3n) is 5.16. The highest BCUT2D eigenvalue weighted by Crippen LogP contribution is 2.20. The highest BCUT2D eigenvalue weighted by molar-refractivity contribution is 5.75. The highest BCUT2D eigenvalue weighted by atomic mass is 19.4. The van der Waals surface area contributed by atoms with Gasteiger partial charge in [-0.3, -0.25) is 9.78 Å². The highest BCUT2D eigenvalue weighted by Gasteiger charge is 2.38. The number of carbonyl (C=O) groups is 2. The SMILES string of the molecule is O=C(NC1CC1)N1CCc2ccc(=O)n(Cc3cccnc3)c2CC1.O=C(O)C(F)(F)F. The molecule has 1 fully saturated rings. The van der Waals surface area contributed by atoms with Crippen molar-refractivity contribution in [2.45, 2.75) is 44.4 Å². The molecule has 0 spiro atoms. The van der Waals surface area contributed by atoms with E-state index in [9.17, 15) is 22.8 Å². The van der Waals surface area contributed by atoms with E-state index in [1.54, 1.807) is 18.5 Å². The molecule has 3 heterocycles. The fraction of sp³-hybridized carbons (Fsp3) is 0.429. The molecule has 2 aromatic rings. The molecule has 2 N–H and O–H groups in total. The standard InChI is InChI=1S/C19H22N4O2.C2HF3O2/c24-18-6-3-15-7-10-22(19(25)21-16-4-5-16)11-8-17(15)23(18)13-14-2-1-9-20-12-14;3-2(4,5)1(6)7/h1-3,6,9,12,16H,4-5,7-8,10-11,13H2,(H,21,25);(H,6,7). The summed E-state index contributed by atoms with van der Waals surface area (Å²) in [6.45, 7) is 1.85. The van der Waals surface area contributed by atoms with E-state index in [0.717, 1.165) is 36.1 Å². The maximum atomic E-state index is 12.4. The summed E-state index contributed by atoms with van der Waals surface area (Å²) < 4.78 is 33.6. The minimum Gasteiger partial charge on any atom is -0.475 e. The minimum absolute atomic E-state index is 0.00140. The van der Waals surface area contributed by atoms with Gasteiger partial charge in [-0.2, -0.15) is 13.2 Å². The molecule has 2 amide bonds. The van der Waals surface area contributed by atoms with E-state index in [1.165, 1.54) is 0 Å². The van der Waals surface area contributed by atoms with Gasteiger partial charge in [-0.1, -0.05) is 12.1 Å². The summed E-state index contributed by atoms with van der Waals surface area (Å²) in [5.74, 6) is -2.76. The van der Waals surface area contributed by atoms with Gasteiger partial charge in [0.1, 0.15) is 0 Å². The predicted molar refractivity (Wildman–Crippen MR) is 108 cm³/mol. The smallest absolute Gasteiger partial charge is 0.475 e. The molecule has 32 heavy (non-hydrogen) atoms. The monoisotopic (exact) mass is 452 g/mol. The third kappa shape index (κ3) is 6.32. The van der Waals surface area contributed by atoms with Crippen LogP contribution in [0, 0.1) is 0 Å². The summed E-state index contributed by atoms with van der Waals surface area (Å²) in [6.07, 6.45) is 2.09. The Balaban J connectivity index is 0.000000360. The lowest BCUT2D eigenvalue weighted by atomic mass is 10.1. The number of nitrogens with one attached hydrogen (secondary N) is 1. The van der Waals surface area contributed by atoms with Crippen LogP contribution in [-0.2, 0) is 24.2 Å². The Morgan fingerprint density at radius 2 is 1.84 bits per heavy atom. The fourth-order valence-electron chi connectivity index (χ4n) is 3.34. The summed E-state index contributed by atoms with van der Waals surface area (Å²) in [7, 11) is 0. The van der Waals surface area contributed by atoms with Gasteiger partial charge in [0.15, 0.2) is 0 Å². The number of aromatic nitrogens is 2. The lowest BCUT2D eigenvalue weighted by Gasteiger charge is -2.20. The van der Waals surface area contributed by atoms with E-state index in [-0.39, 0.29) is 11.6 Å². The topological polar surface area (TPSA) is 105 Å². The summed E-state index contributed by atoms with van der Waals surface area (Å²) in [4.78, 5) is 39.7. The summed E-state index contributed by atoms with van der Waals surface area (Å²) in [5, 5.41) is 10.2. The first-order chi connectivity index (χ1) is 15.1. The number of fused-ring (bicyclic) bond motifs is 1. The zero-order valence-electron chi connectivity index (χ0n) is 17.1. The second-order valence-corrected chi connectivity index (χ2v) is 7.60. The third-order valence-corrected chi connectivity index (χ3v) is 5.16. The van der Waals surface area contributed by atoms with Gasteiger partial charge >= 0.3 is 18.2 Å². The van der Waals surface area contributed by atoms with Crippen molar-refractivity contribution in [3.63, 3.8) is 0 Å². The van der Waals surface area contributed by atoms with E-state index in [4.69, 9.17) is 9.90 Å². The van der Waals surface area contributed by atoms with Crippen molar-refractivity contribution in [3.05, 3.63) is 63.8 Å². The molecule has 0 saturated heterocycles. The molecule has 8 nitrogen and oxygen atoms in total. The first kappa shape index (κ1) is 23.3. The number of nitrogens with zero attached hydrogens (tertiary/aromatic N) is 3. The van der Waals surface area contributed by atoms with Crippen LogP contribution in [0.2, 0.25) is 0 Å². The second-order valence-electron chi connectivity index (χ2n) is 7.60. The van der Waals surface area contributed by atoms with Crippen molar-refractivity contribution >= 4 is 12.0 Å². The van der Waals surface area contributed by atoms with Crippen LogP contribution >= 0.6 is 0 Å². The molecule has 0 radical (unpaired) electrons. The average molecular weight is 452 g/mol. The second kappa shape index (κ2) is 9.84. The quantitative estimate of drug-likeness (QED) is 0.743. The molecule has 1 aliphatic heterocycles. The van der Waals surface area contributed by atoms with Crippen molar-refractivity contribution < 1.29 is 27.9 Å². The van der Waals surface area contributed by atoms with Crippen LogP contribution in [0.4, 0.5) is 18.0 Å². The Morgan fingerprint density at radius 1 is 1.16 bits per heavy atom. The minimum atomic E-state index is -5.08. The van der Waals surface area contributed by atoms with Crippen LogP contribution in [0.3, 0.4) is 0 Å². The van der Waals surface area contributed by atoms with E-state index in [2.05, 4.69) is 10.3 Å². The van der Waals surface area contributed by atoms with Crippen molar-refractivity contribution in [2.75, 3.05) is 13.1 Å². The molecular weight excluding hydrogens is 429 g/mol. The van der Waals surface area contributed by atoms with Gasteiger partial charge in [0.25, 0.3) is 5.56 Å². The molecule has 2 aliphatic rings.